The van der Waals surface area contributed by atoms with Crippen molar-refractivity contribution in [2.45, 2.75) is 45.8 Å². The zero-order valence-electron chi connectivity index (χ0n) is 16.9. The predicted octanol–water partition coefficient (Wildman–Crippen LogP) is 7.34. The van der Waals surface area contributed by atoms with Gasteiger partial charge in [-0.2, -0.15) is 0 Å². The van der Waals surface area contributed by atoms with E-state index in [1.165, 1.54) is 11.1 Å². The van der Waals surface area contributed by atoms with Gasteiger partial charge in [-0.15, -0.1) is 0 Å². The molecule has 2 aliphatic carbocycles. The monoisotopic (exact) mass is 394 g/mol. The van der Waals surface area contributed by atoms with Gasteiger partial charge in [-0.1, -0.05) is 0 Å². The van der Waals surface area contributed by atoms with E-state index in [2.05, 4.69) is 98.1 Å². The number of hydrogen-bond donors (Lipinski definition) is 0. The van der Waals surface area contributed by atoms with Crippen LogP contribution in [0.1, 0.15) is 44.5 Å². The Kier molecular flexibility index (Phi) is 4.15. The van der Waals surface area contributed by atoms with Crippen LogP contribution in [0.2, 0.25) is 23.6 Å². The maximum atomic E-state index is 2.78. The van der Waals surface area contributed by atoms with Crippen molar-refractivity contribution in [2.24, 2.45) is 0 Å². The first-order chi connectivity index (χ1) is 12.2. The summed E-state index contributed by atoms with van der Waals surface area (Å²) in [5.74, 6) is 0. The molecule has 4 rings (SSSR count). The number of rotatable bonds is 2. The van der Waals surface area contributed by atoms with Gasteiger partial charge in [0.25, 0.3) is 0 Å². The zero-order chi connectivity index (χ0) is 18.7. The van der Waals surface area contributed by atoms with Gasteiger partial charge < -0.3 is 0 Å². The van der Waals surface area contributed by atoms with Gasteiger partial charge in [0.05, 0.1) is 0 Å². The quantitative estimate of drug-likeness (QED) is 0.468. The van der Waals surface area contributed by atoms with E-state index in [1.807, 2.05) is 0 Å². The fraction of sp³-hybridized carbons (Fsp3) is 0.333. The molecule has 2 heteroatoms. The molecule has 0 spiro atoms. The van der Waals surface area contributed by atoms with E-state index in [0.29, 0.717) is 8.45 Å². The molecular weight excluding hydrogens is 364 g/mol. The third kappa shape index (κ3) is 2.30. The Hall–Kier alpha value is -1.15. The van der Waals surface area contributed by atoms with Crippen LogP contribution in [0, 0.1) is 0 Å². The number of hydrogen-bond acceptors (Lipinski definition) is 0. The molecule has 0 fully saturated rings. The molecule has 0 radical (unpaired) electrons. The van der Waals surface area contributed by atoms with E-state index in [0.717, 1.165) is 0 Å². The molecule has 0 aliphatic heterocycles. The molecule has 0 nitrogen and oxygen atoms in total. The maximum absolute atomic E-state index is 3.02. The van der Waals surface area contributed by atoms with Crippen LogP contribution < -0.4 is 0 Å². The summed E-state index contributed by atoms with van der Waals surface area (Å²) in [6.45, 7) is 9.99. The third-order valence-corrected chi connectivity index (χ3v) is 35.9. The fourth-order valence-corrected chi connectivity index (χ4v) is 24.8. The molecule has 2 aliphatic rings. The van der Waals surface area contributed by atoms with Crippen LogP contribution in [-0.2, 0) is 14.0 Å². The molecular formula is C24H30SiTi. The van der Waals surface area contributed by atoms with E-state index < -0.39 is 20.2 Å². The Bertz CT molecular complexity index is 968. The first-order valence-electron chi connectivity index (χ1n) is 9.79. The van der Waals surface area contributed by atoms with Crippen LogP contribution in [-0.4, -0.2) is 6.19 Å². The standard InChI is InChI=1S/2C10H9.C2H6Si.2CH3.Ti/c2*1-8-6-9-4-2-3-5-10(9)7-8;1-3-2;;;/h2*2-7H,1H3;1-2H3;2*1H3;. The second kappa shape index (κ2) is 5.92. The molecule has 134 valence electrons. The molecule has 2 aromatic rings. The Balaban J connectivity index is 2.05. The molecule has 0 saturated heterocycles. The molecule has 2 aromatic carbocycles. The average molecular weight is 394 g/mol. The summed E-state index contributed by atoms with van der Waals surface area (Å²) in [5.41, 5.74) is 9.36. The van der Waals surface area contributed by atoms with Crippen LogP contribution in [0.25, 0.3) is 12.2 Å². The minimum absolute atomic E-state index is 0.474. The van der Waals surface area contributed by atoms with Gasteiger partial charge in [0.1, 0.15) is 0 Å². The molecule has 0 N–H and O–H groups in total. The molecule has 0 amide bonds. The Labute approximate surface area is 159 Å². The van der Waals surface area contributed by atoms with Crippen LogP contribution in [0.5, 0.6) is 0 Å². The van der Waals surface area contributed by atoms with Gasteiger partial charge in [-0.25, -0.2) is 0 Å². The van der Waals surface area contributed by atoms with Gasteiger partial charge >= 0.3 is 160 Å². The van der Waals surface area contributed by atoms with Crippen LogP contribution in [0.3, 0.4) is 0 Å². The van der Waals surface area contributed by atoms with E-state index in [1.54, 1.807) is 22.3 Å². The van der Waals surface area contributed by atoms with Gasteiger partial charge in [-0.3, -0.25) is 0 Å². The molecule has 26 heavy (non-hydrogen) atoms. The van der Waals surface area contributed by atoms with Gasteiger partial charge in [0.2, 0.25) is 0 Å². The van der Waals surface area contributed by atoms with Crippen molar-refractivity contribution in [3.63, 3.8) is 0 Å². The van der Waals surface area contributed by atoms with Gasteiger partial charge in [0, 0.05) is 0 Å². The summed E-state index contributed by atoms with van der Waals surface area (Å²) < 4.78 is 1.32. The zero-order valence-corrected chi connectivity index (χ0v) is 19.5. The second-order valence-electron chi connectivity index (χ2n) is 9.51. The van der Waals surface area contributed by atoms with E-state index in [9.17, 15) is 0 Å². The van der Waals surface area contributed by atoms with E-state index in [4.69, 9.17) is 0 Å². The summed E-state index contributed by atoms with van der Waals surface area (Å²) in [4.78, 5) is 0. The van der Waals surface area contributed by atoms with Crippen molar-refractivity contribution < 1.29 is 14.0 Å². The SMILES string of the molecule is CC1=Cc2ccccc2[CH]1[Ti]([CH3])([CH3])([CH]1C(C)=Cc2ccccc21)=[Si](C)C. The summed E-state index contributed by atoms with van der Waals surface area (Å²) in [7, 11) is 0. The molecule has 0 aromatic heterocycles. The average Bonchev–Trinajstić information content (AvgIpc) is 3.10. The molecule has 0 heterocycles. The molecule has 2 unspecified atom stereocenters. The first-order valence-corrected chi connectivity index (χ1v) is 19.6. The number of benzene rings is 2. The van der Waals surface area contributed by atoms with Crippen molar-refractivity contribution in [1.82, 2.24) is 0 Å². The Morgan fingerprint density at radius 3 is 1.46 bits per heavy atom. The Morgan fingerprint density at radius 1 is 0.692 bits per heavy atom. The summed E-state index contributed by atoms with van der Waals surface area (Å²) >= 11 is -3.02. The minimum atomic E-state index is -3.02. The predicted molar refractivity (Wildman–Crippen MR) is 115 cm³/mol. The molecule has 2 atom stereocenters. The van der Waals surface area contributed by atoms with Crippen molar-refractivity contribution in [2.75, 3.05) is 0 Å². The summed E-state index contributed by atoms with van der Waals surface area (Å²) in [5, 5.41) is 5.55. The normalized spacial score (nSPS) is 21.8. The van der Waals surface area contributed by atoms with Crippen LogP contribution >= 0.6 is 0 Å². The fourth-order valence-electron chi connectivity index (χ4n) is 6.06. The van der Waals surface area contributed by atoms with Gasteiger partial charge in [-0.05, 0) is 0 Å². The summed E-state index contributed by atoms with van der Waals surface area (Å²) in [6, 6.07) is 18.3. The first kappa shape index (κ1) is 18.2. The van der Waals surface area contributed by atoms with E-state index >= 15 is 0 Å². The number of allylic oxidation sites excluding steroid dienone is 2. The van der Waals surface area contributed by atoms with Gasteiger partial charge in [0.15, 0.2) is 0 Å². The number of fused-ring (bicyclic) bond motifs is 2. The topological polar surface area (TPSA) is 0 Å². The Morgan fingerprint density at radius 2 is 1.08 bits per heavy atom. The van der Waals surface area contributed by atoms with Crippen LogP contribution in [0.4, 0.5) is 0 Å². The molecule has 0 saturated carbocycles. The summed E-state index contributed by atoms with van der Waals surface area (Å²) in [6.07, 6.45) is 4.47. The van der Waals surface area contributed by atoms with Crippen molar-refractivity contribution in [3.8, 4) is 0 Å². The second-order valence-corrected chi connectivity index (χ2v) is 32.7. The van der Waals surface area contributed by atoms with Crippen molar-refractivity contribution >= 4 is 18.3 Å². The third-order valence-electron chi connectivity index (χ3n) is 7.65. The van der Waals surface area contributed by atoms with Crippen LogP contribution in [0.15, 0.2) is 59.7 Å². The van der Waals surface area contributed by atoms with E-state index in [-0.39, 0.29) is 0 Å². The van der Waals surface area contributed by atoms with Crippen molar-refractivity contribution in [1.29, 1.82) is 0 Å². The van der Waals surface area contributed by atoms with Crippen molar-refractivity contribution in [3.05, 3.63) is 81.9 Å². The molecule has 0 bridgehead atoms.